The van der Waals surface area contributed by atoms with Crippen LogP contribution in [0, 0.1) is 0 Å². The molecule has 0 N–H and O–H groups in total. The van der Waals surface area contributed by atoms with E-state index < -0.39 is 12.0 Å². The fraction of sp³-hybridized carbons (Fsp3) is 0.296. The number of benzene rings is 2. The molecule has 0 bridgehead atoms. The molecule has 2 aromatic carbocycles. The Morgan fingerprint density at radius 2 is 1.94 bits per heavy atom. The Morgan fingerprint density at radius 3 is 2.61 bits per heavy atom. The fourth-order valence-electron chi connectivity index (χ4n) is 4.35. The number of carbonyl (C=O) groups excluding carboxylic acids is 1. The highest BCUT2D eigenvalue weighted by Crippen LogP contribution is 2.37. The topological polar surface area (TPSA) is 79.1 Å². The zero-order chi connectivity index (χ0) is 25.6. The molecule has 0 saturated heterocycles. The third-order valence-electron chi connectivity index (χ3n) is 6.21. The van der Waals surface area contributed by atoms with E-state index in [0.29, 0.717) is 48.6 Å². The van der Waals surface area contributed by atoms with E-state index in [1.54, 1.807) is 36.6 Å². The van der Waals surface area contributed by atoms with Gasteiger partial charge in [0.05, 0.1) is 33.5 Å². The zero-order valence-corrected chi connectivity index (χ0v) is 21.9. The number of thiazole rings is 1. The van der Waals surface area contributed by atoms with Crippen LogP contribution in [0.4, 0.5) is 0 Å². The van der Waals surface area contributed by atoms with Crippen molar-refractivity contribution in [3.63, 3.8) is 0 Å². The molecule has 2 aliphatic rings. The molecule has 9 heteroatoms. The number of aromatic nitrogens is 1. The van der Waals surface area contributed by atoms with Gasteiger partial charge in [-0.1, -0.05) is 61.1 Å². The third-order valence-corrected chi connectivity index (χ3v) is 7.52. The molecule has 0 unspecified atom stereocenters. The first kappa shape index (κ1) is 24.3. The summed E-state index contributed by atoms with van der Waals surface area (Å²) in [6, 6.07) is 10.7. The second-order valence-electron chi connectivity index (χ2n) is 8.85. The van der Waals surface area contributed by atoms with Crippen LogP contribution in [0.3, 0.4) is 0 Å². The molecular formula is C27H25ClN2O5S. The van der Waals surface area contributed by atoms with Crippen molar-refractivity contribution < 1.29 is 19.0 Å². The number of fused-ring (bicyclic) bond motifs is 2. The maximum absolute atomic E-state index is 13.8. The Morgan fingerprint density at radius 1 is 1.25 bits per heavy atom. The molecule has 1 atom stereocenters. The summed E-state index contributed by atoms with van der Waals surface area (Å²) in [5, 5.41) is 0.439. The summed E-state index contributed by atoms with van der Waals surface area (Å²) in [4.78, 5) is 31.9. The normalized spacial score (nSPS) is 16.8. The van der Waals surface area contributed by atoms with Crippen molar-refractivity contribution in [1.29, 1.82) is 0 Å². The van der Waals surface area contributed by atoms with Crippen molar-refractivity contribution in [2.75, 3.05) is 13.4 Å². The number of hydrogen-bond donors (Lipinski definition) is 0. The van der Waals surface area contributed by atoms with Gasteiger partial charge in [-0.05, 0) is 48.6 Å². The predicted molar refractivity (Wildman–Crippen MR) is 139 cm³/mol. The molecule has 0 fully saturated rings. The summed E-state index contributed by atoms with van der Waals surface area (Å²) in [6.45, 7) is 8.11. The lowest BCUT2D eigenvalue weighted by atomic mass is 9.93. The van der Waals surface area contributed by atoms with E-state index in [4.69, 9.17) is 25.8 Å². The Labute approximate surface area is 216 Å². The SMILES string of the molecule is CCOC(=O)C1=C(C)N=c2s/c(=C/c3cc4c(cc3Cl)OCO4)c(=O)n2[C@H]1c1ccc(C(C)C)cc1. The molecule has 0 amide bonds. The Bertz CT molecular complexity index is 1570. The van der Waals surface area contributed by atoms with Gasteiger partial charge in [0.2, 0.25) is 6.79 Å². The van der Waals surface area contributed by atoms with E-state index in [9.17, 15) is 9.59 Å². The molecule has 0 saturated carbocycles. The number of hydrogen-bond acceptors (Lipinski definition) is 7. The van der Waals surface area contributed by atoms with E-state index in [1.807, 2.05) is 24.3 Å². The van der Waals surface area contributed by atoms with Crippen molar-refractivity contribution in [2.24, 2.45) is 4.99 Å². The largest absolute Gasteiger partial charge is 0.463 e. The minimum absolute atomic E-state index is 0.128. The average Bonchev–Trinajstić information content (AvgIpc) is 3.42. The quantitative estimate of drug-likeness (QED) is 0.465. The molecule has 3 aromatic rings. The van der Waals surface area contributed by atoms with E-state index in [2.05, 4.69) is 18.8 Å². The van der Waals surface area contributed by atoms with E-state index in [0.717, 1.165) is 5.56 Å². The summed E-state index contributed by atoms with van der Waals surface area (Å²) in [5.74, 6) is 1.01. The molecule has 0 aliphatic carbocycles. The van der Waals surface area contributed by atoms with Gasteiger partial charge in [0, 0.05) is 6.07 Å². The van der Waals surface area contributed by atoms with Gasteiger partial charge < -0.3 is 14.2 Å². The second kappa shape index (κ2) is 9.59. The number of nitrogens with zero attached hydrogens (tertiary/aromatic N) is 2. The van der Waals surface area contributed by atoms with Gasteiger partial charge in [0.1, 0.15) is 0 Å². The maximum Gasteiger partial charge on any atom is 0.338 e. The van der Waals surface area contributed by atoms with Crippen LogP contribution < -0.4 is 24.4 Å². The van der Waals surface area contributed by atoms with Gasteiger partial charge in [-0.15, -0.1) is 0 Å². The summed E-state index contributed by atoms with van der Waals surface area (Å²) < 4.78 is 18.2. The van der Waals surface area contributed by atoms with Crippen LogP contribution in [0.1, 0.15) is 56.3 Å². The number of esters is 1. The summed E-state index contributed by atoms with van der Waals surface area (Å²) >= 11 is 7.71. The molecule has 36 heavy (non-hydrogen) atoms. The molecule has 5 rings (SSSR count). The van der Waals surface area contributed by atoms with Crippen LogP contribution in [0.5, 0.6) is 11.5 Å². The van der Waals surface area contributed by atoms with Gasteiger partial charge in [-0.25, -0.2) is 9.79 Å². The van der Waals surface area contributed by atoms with Crippen LogP contribution in [0.15, 0.2) is 57.5 Å². The van der Waals surface area contributed by atoms with Crippen molar-refractivity contribution in [1.82, 2.24) is 4.57 Å². The summed E-state index contributed by atoms with van der Waals surface area (Å²) in [6.07, 6.45) is 1.72. The minimum Gasteiger partial charge on any atom is -0.463 e. The molecule has 2 aliphatic heterocycles. The first-order valence-corrected chi connectivity index (χ1v) is 12.9. The van der Waals surface area contributed by atoms with E-state index >= 15 is 0 Å². The minimum atomic E-state index is -0.657. The van der Waals surface area contributed by atoms with Gasteiger partial charge in [-0.2, -0.15) is 0 Å². The van der Waals surface area contributed by atoms with Gasteiger partial charge >= 0.3 is 5.97 Å². The van der Waals surface area contributed by atoms with Gasteiger partial charge in [-0.3, -0.25) is 9.36 Å². The average molecular weight is 525 g/mol. The van der Waals surface area contributed by atoms with E-state index in [1.165, 1.54) is 16.9 Å². The molecule has 1 aromatic heterocycles. The number of ether oxygens (including phenoxy) is 3. The predicted octanol–water partition coefficient (Wildman–Crippen LogP) is 4.30. The summed E-state index contributed by atoms with van der Waals surface area (Å²) in [7, 11) is 0. The van der Waals surface area contributed by atoms with Gasteiger partial charge in [0.15, 0.2) is 16.3 Å². The first-order chi connectivity index (χ1) is 17.3. The van der Waals surface area contributed by atoms with Crippen molar-refractivity contribution >= 4 is 35.0 Å². The van der Waals surface area contributed by atoms with Crippen LogP contribution in [0.25, 0.3) is 6.08 Å². The third kappa shape index (κ3) is 4.24. The summed E-state index contributed by atoms with van der Waals surface area (Å²) in [5.41, 5.74) is 3.23. The highest BCUT2D eigenvalue weighted by Gasteiger charge is 2.33. The standard InChI is InChI=1S/C27H25ClN2O5S/c1-5-33-26(32)23-15(4)29-27-30(24(23)17-8-6-16(7-9-17)14(2)3)25(31)22(36-27)11-18-10-20-21(12-19(18)28)35-13-34-20/h6-12,14,24H,5,13H2,1-4H3/b22-11+/t24-/m0/s1. The molecule has 0 spiro atoms. The van der Waals surface area contributed by atoms with Crippen molar-refractivity contribution in [2.45, 2.75) is 39.7 Å². The Hall–Kier alpha value is -3.36. The highest BCUT2D eigenvalue weighted by molar-refractivity contribution is 7.07. The maximum atomic E-state index is 13.8. The van der Waals surface area contributed by atoms with Crippen molar-refractivity contribution in [3.05, 3.63) is 89.1 Å². The Balaban J connectivity index is 1.69. The zero-order valence-electron chi connectivity index (χ0n) is 20.3. The highest BCUT2D eigenvalue weighted by atomic mass is 35.5. The van der Waals surface area contributed by atoms with Crippen molar-refractivity contribution in [3.8, 4) is 11.5 Å². The second-order valence-corrected chi connectivity index (χ2v) is 10.3. The van der Waals surface area contributed by atoms with Crippen LogP contribution in [-0.4, -0.2) is 23.9 Å². The number of halogens is 1. The fourth-order valence-corrected chi connectivity index (χ4v) is 5.60. The first-order valence-electron chi connectivity index (χ1n) is 11.7. The lowest BCUT2D eigenvalue weighted by Crippen LogP contribution is -2.39. The van der Waals surface area contributed by atoms with Crippen LogP contribution in [-0.2, 0) is 9.53 Å². The monoisotopic (exact) mass is 524 g/mol. The lowest BCUT2D eigenvalue weighted by Gasteiger charge is -2.25. The number of allylic oxidation sites excluding steroid dienone is 1. The Kier molecular flexibility index (Phi) is 6.49. The molecule has 3 heterocycles. The smallest absolute Gasteiger partial charge is 0.338 e. The van der Waals surface area contributed by atoms with Crippen LogP contribution >= 0.6 is 22.9 Å². The van der Waals surface area contributed by atoms with Crippen LogP contribution in [0.2, 0.25) is 5.02 Å². The molecule has 186 valence electrons. The van der Waals surface area contributed by atoms with E-state index in [-0.39, 0.29) is 19.0 Å². The number of carbonyl (C=O) groups is 1. The lowest BCUT2D eigenvalue weighted by molar-refractivity contribution is -0.139. The molecule has 7 nitrogen and oxygen atoms in total. The van der Waals surface area contributed by atoms with Gasteiger partial charge in [0.25, 0.3) is 5.56 Å². The number of rotatable bonds is 5. The molecular weight excluding hydrogens is 500 g/mol. The molecule has 0 radical (unpaired) electrons.